The van der Waals surface area contributed by atoms with Crippen LogP contribution in [0.4, 0.5) is 0 Å². The van der Waals surface area contributed by atoms with Gasteiger partial charge in [-0.1, -0.05) is 12.1 Å². The van der Waals surface area contributed by atoms with E-state index in [1.165, 1.54) is 0 Å². The first-order valence-corrected chi connectivity index (χ1v) is 9.44. The van der Waals surface area contributed by atoms with Crippen LogP contribution in [-0.4, -0.2) is 48.9 Å². The average molecular weight is 379 g/mol. The Morgan fingerprint density at radius 2 is 1.96 bits per heavy atom. The highest BCUT2D eigenvalue weighted by molar-refractivity contribution is 7.88. The minimum atomic E-state index is -3.40. The van der Waals surface area contributed by atoms with Crippen LogP contribution in [0.15, 0.2) is 24.3 Å². The highest BCUT2D eigenvalue weighted by Gasteiger charge is 2.33. The largest absolute Gasteiger partial charge is 0.497 e. The Morgan fingerprint density at radius 1 is 1.25 bits per heavy atom. The van der Waals surface area contributed by atoms with Crippen molar-refractivity contribution in [1.82, 2.24) is 10.0 Å². The van der Waals surface area contributed by atoms with Gasteiger partial charge in [0.05, 0.1) is 19.5 Å². The summed E-state index contributed by atoms with van der Waals surface area (Å²) in [6.07, 6.45) is 1.81. The number of ether oxygens (including phenoxy) is 2. The van der Waals surface area contributed by atoms with Gasteiger partial charge in [0.1, 0.15) is 5.75 Å². The normalized spacial score (nSPS) is 17.1. The first-order chi connectivity index (χ1) is 11.0. The van der Waals surface area contributed by atoms with Crippen LogP contribution in [0.5, 0.6) is 5.75 Å². The second-order valence-electron chi connectivity index (χ2n) is 6.11. The van der Waals surface area contributed by atoms with Gasteiger partial charge < -0.3 is 14.8 Å². The molecule has 8 heteroatoms. The number of benzene rings is 1. The van der Waals surface area contributed by atoms with E-state index < -0.39 is 10.0 Å². The van der Waals surface area contributed by atoms with Crippen LogP contribution < -0.4 is 14.8 Å². The fraction of sp³-hybridized carbons (Fsp3) is 0.625. The van der Waals surface area contributed by atoms with Crippen LogP contribution in [0.3, 0.4) is 0 Å². The number of nitrogens with one attached hydrogen (secondary N) is 2. The van der Waals surface area contributed by atoms with Crippen LogP contribution in [0, 0.1) is 5.41 Å². The minimum Gasteiger partial charge on any atom is -0.497 e. The summed E-state index contributed by atoms with van der Waals surface area (Å²) < 4.78 is 38.0. The number of rotatable bonds is 8. The maximum absolute atomic E-state index is 12.4. The van der Waals surface area contributed by atoms with E-state index in [9.17, 15) is 8.42 Å². The zero-order valence-electron chi connectivity index (χ0n) is 14.2. The minimum absolute atomic E-state index is 0. The Balaban J connectivity index is 0.00000288. The van der Waals surface area contributed by atoms with E-state index in [0.29, 0.717) is 24.5 Å². The molecule has 0 saturated carbocycles. The SMILES string of the molecule is COCC1(CNS(=O)(=O)Cc2cccc(OC)c2)CCNCC1.Cl. The van der Waals surface area contributed by atoms with Crippen molar-refractivity contribution in [2.24, 2.45) is 5.41 Å². The van der Waals surface area contributed by atoms with Gasteiger partial charge in [-0.05, 0) is 43.6 Å². The molecule has 0 bridgehead atoms. The van der Waals surface area contributed by atoms with Crippen molar-refractivity contribution in [1.29, 1.82) is 0 Å². The third-order valence-corrected chi connectivity index (χ3v) is 5.57. The zero-order valence-corrected chi connectivity index (χ0v) is 15.8. The van der Waals surface area contributed by atoms with Crippen molar-refractivity contribution >= 4 is 22.4 Å². The van der Waals surface area contributed by atoms with Gasteiger partial charge in [-0.3, -0.25) is 0 Å². The van der Waals surface area contributed by atoms with Crippen molar-refractivity contribution in [3.8, 4) is 5.75 Å². The van der Waals surface area contributed by atoms with Crippen LogP contribution in [-0.2, 0) is 20.5 Å². The molecule has 0 aromatic heterocycles. The van der Waals surface area contributed by atoms with E-state index in [1.807, 2.05) is 0 Å². The van der Waals surface area contributed by atoms with E-state index in [0.717, 1.165) is 25.9 Å². The van der Waals surface area contributed by atoms with Crippen LogP contribution in [0.25, 0.3) is 0 Å². The molecule has 0 spiro atoms. The Morgan fingerprint density at radius 3 is 2.58 bits per heavy atom. The molecule has 1 heterocycles. The first-order valence-electron chi connectivity index (χ1n) is 7.79. The molecule has 0 amide bonds. The average Bonchev–Trinajstić information content (AvgIpc) is 2.54. The maximum atomic E-state index is 12.4. The summed E-state index contributed by atoms with van der Waals surface area (Å²) >= 11 is 0. The molecule has 0 aliphatic carbocycles. The third kappa shape index (κ3) is 6.22. The second-order valence-corrected chi connectivity index (χ2v) is 7.92. The van der Waals surface area contributed by atoms with Crippen molar-refractivity contribution in [2.75, 3.05) is 40.5 Å². The molecule has 1 saturated heterocycles. The summed E-state index contributed by atoms with van der Waals surface area (Å²) in [5.74, 6) is 0.609. The molecular formula is C16H27ClN2O4S. The number of methoxy groups -OCH3 is 2. The Hall–Kier alpha value is -0.860. The van der Waals surface area contributed by atoms with E-state index >= 15 is 0 Å². The lowest BCUT2D eigenvalue weighted by Crippen LogP contribution is -2.47. The molecule has 6 nitrogen and oxygen atoms in total. The maximum Gasteiger partial charge on any atom is 0.215 e. The predicted octanol–water partition coefficient (Wildman–Crippen LogP) is 1.55. The van der Waals surface area contributed by atoms with E-state index in [1.54, 1.807) is 38.5 Å². The molecule has 2 N–H and O–H groups in total. The molecule has 138 valence electrons. The summed E-state index contributed by atoms with van der Waals surface area (Å²) in [5.41, 5.74) is 0.588. The van der Waals surface area contributed by atoms with Crippen molar-refractivity contribution in [3.63, 3.8) is 0 Å². The van der Waals surface area contributed by atoms with Crippen LogP contribution in [0.2, 0.25) is 0 Å². The number of piperidine rings is 1. The zero-order chi connectivity index (χ0) is 16.8. The molecule has 1 fully saturated rings. The summed E-state index contributed by atoms with van der Waals surface area (Å²) in [6.45, 7) is 2.76. The lowest BCUT2D eigenvalue weighted by molar-refractivity contribution is 0.0577. The molecular weight excluding hydrogens is 352 g/mol. The second kappa shape index (κ2) is 9.58. The van der Waals surface area contributed by atoms with Crippen molar-refractivity contribution in [2.45, 2.75) is 18.6 Å². The van der Waals surface area contributed by atoms with E-state index in [-0.39, 0.29) is 23.6 Å². The Bertz CT molecular complexity index is 598. The lowest BCUT2D eigenvalue weighted by Gasteiger charge is -2.37. The highest BCUT2D eigenvalue weighted by Crippen LogP contribution is 2.28. The van der Waals surface area contributed by atoms with Gasteiger partial charge in [-0.2, -0.15) is 0 Å². The molecule has 1 aliphatic rings. The molecule has 1 aromatic carbocycles. The molecule has 1 aliphatic heterocycles. The predicted molar refractivity (Wildman–Crippen MR) is 97.3 cm³/mol. The summed E-state index contributed by atoms with van der Waals surface area (Å²) in [5, 5.41) is 3.30. The van der Waals surface area contributed by atoms with Gasteiger partial charge in [-0.25, -0.2) is 13.1 Å². The third-order valence-electron chi connectivity index (χ3n) is 4.27. The molecule has 0 radical (unpaired) electrons. The summed E-state index contributed by atoms with van der Waals surface area (Å²) in [4.78, 5) is 0. The fourth-order valence-electron chi connectivity index (χ4n) is 2.93. The topological polar surface area (TPSA) is 76.7 Å². The quantitative estimate of drug-likeness (QED) is 0.717. The van der Waals surface area contributed by atoms with E-state index in [4.69, 9.17) is 9.47 Å². The van der Waals surface area contributed by atoms with Gasteiger partial charge in [0, 0.05) is 19.1 Å². The first kappa shape index (κ1) is 21.2. The lowest BCUT2D eigenvalue weighted by atomic mass is 9.80. The standard InChI is InChI=1S/C16H26N2O4S.ClH/c1-21-13-16(6-8-17-9-7-16)12-18-23(19,20)11-14-4-3-5-15(10-14)22-2;/h3-5,10,17-18H,6-9,11-13H2,1-2H3;1H. The van der Waals surface area contributed by atoms with Crippen LogP contribution in [0.1, 0.15) is 18.4 Å². The summed E-state index contributed by atoms with van der Waals surface area (Å²) in [7, 11) is -0.169. The molecule has 2 rings (SSSR count). The molecule has 1 aromatic rings. The number of halogens is 1. The highest BCUT2D eigenvalue weighted by atomic mass is 35.5. The molecule has 0 unspecified atom stereocenters. The monoisotopic (exact) mass is 378 g/mol. The van der Waals surface area contributed by atoms with Crippen LogP contribution >= 0.6 is 12.4 Å². The molecule has 24 heavy (non-hydrogen) atoms. The fourth-order valence-corrected chi connectivity index (χ4v) is 4.18. The van der Waals surface area contributed by atoms with Crippen molar-refractivity contribution in [3.05, 3.63) is 29.8 Å². The number of hydrogen-bond donors (Lipinski definition) is 2. The summed E-state index contributed by atoms with van der Waals surface area (Å²) in [6, 6.07) is 7.13. The number of hydrogen-bond acceptors (Lipinski definition) is 5. The van der Waals surface area contributed by atoms with Crippen molar-refractivity contribution < 1.29 is 17.9 Å². The molecule has 0 atom stereocenters. The van der Waals surface area contributed by atoms with Gasteiger partial charge in [0.2, 0.25) is 10.0 Å². The van der Waals surface area contributed by atoms with E-state index in [2.05, 4.69) is 10.0 Å². The smallest absolute Gasteiger partial charge is 0.215 e. The van der Waals surface area contributed by atoms with Gasteiger partial charge in [-0.15, -0.1) is 12.4 Å². The Kier molecular flexibility index (Phi) is 8.45. The number of sulfonamides is 1. The van der Waals surface area contributed by atoms with Gasteiger partial charge in [0.25, 0.3) is 0 Å². The van der Waals surface area contributed by atoms with Gasteiger partial charge in [0.15, 0.2) is 0 Å². The van der Waals surface area contributed by atoms with Gasteiger partial charge >= 0.3 is 0 Å². The Labute approximate surface area is 150 Å².